The van der Waals surface area contributed by atoms with Gasteiger partial charge in [0.15, 0.2) is 17.3 Å². The zero-order valence-corrected chi connectivity index (χ0v) is 63.8. The molecule has 6 aliphatic rings. The molecule has 564 valence electrons. The minimum atomic E-state index is -0.557. The van der Waals surface area contributed by atoms with Gasteiger partial charge in [-0.1, -0.05) is 84.3 Å². The van der Waals surface area contributed by atoms with Crippen molar-refractivity contribution in [2.75, 3.05) is 89.9 Å². The van der Waals surface area contributed by atoms with E-state index in [-0.39, 0.29) is 59.5 Å². The third-order valence-corrected chi connectivity index (χ3v) is 23.7. The monoisotopic (exact) mass is 1520 g/mol. The van der Waals surface area contributed by atoms with E-state index in [1.54, 1.807) is 62.8 Å². The molecule has 4 fully saturated rings. The highest BCUT2D eigenvalue weighted by Gasteiger charge is 2.41. The quantitative estimate of drug-likeness (QED) is 0.0266. The van der Waals surface area contributed by atoms with Gasteiger partial charge >= 0.3 is 0 Å². The summed E-state index contributed by atoms with van der Waals surface area (Å²) < 4.78 is 26.9. The number of benzene rings is 8. The highest BCUT2D eigenvalue weighted by molar-refractivity contribution is 7.23. The largest absolute Gasteiger partial charge is 0.508 e. The van der Waals surface area contributed by atoms with Crippen molar-refractivity contribution in [2.24, 2.45) is 0 Å². The van der Waals surface area contributed by atoms with E-state index in [9.17, 15) is 39.0 Å². The van der Waals surface area contributed by atoms with Crippen molar-refractivity contribution in [3.8, 4) is 66.9 Å². The molecule has 19 nitrogen and oxygen atoms in total. The predicted molar refractivity (Wildman–Crippen MR) is 429 cm³/mol. The van der Waals surface area contributed by atoms with Crippen LogP contribution in [0, 0.1) is 13.8 Å². The molecule has 2 aromatic heterocycles. The number of aromatic hydroxyl groups is 2. The summed E-state index contributed by atoms with van der Waals surface area (Å²) in [4.78, 5) is 86.0. The Kier molecular flexibility index (Phi) is 24.3. The van der Waals surface area contributed by atoms with Gasteiger partial charge < -0.3 is 44.3 Å². The number of aryl methyl sites for hydroxylation is 3. The minimum Gasteiger partial charge on any atom is -0.508 e. The van der Waals surface area contributed by atoms with Crippen LogP contribution >= 0.6 is 34.3 Å². The number of likely N-dealkylation sites (tertiary alicyclic amines) is 1. The highest BCUT2D eigenvalue weighted by Crippen LogP contribution is 2.49. The van der Waals surface area contributed by atoms with E-state index in [2.05, 4.69) is 87.7 Å². The van der Waals surface area contributed by atoms with Crippen molar-refractivity contribution >= 4 is 95.3 Å². The van der Waals surface area contributed by atoms with E-state index in [1.165, 1.54) is 43.5 Å². The van der Waals surface area contributed by atoms with Crippen LogP contribution < -0.4 is 29.6 Å². The number of ether oxygens (including phenoxy) is 4. The van der Waals surface area contributed by atoms with Gasteiger partial charge in [0.25, 0.3) is 11.8 Å². The van der Waals surface area contributed by atoms with E-state index >= 15 is 0 Å². The average molecular weight is 1530 g/mol. The van der Waals surface area contributed by atoms with Gasteiger partial charge in [-0.05, 0) is 191 Å². The van der Waals surface area contributed by atoms with Gasteiger partial charge in [0.1, 0.15) is 59.5 Å². The number of alkyl halides is 1. The standard InChI is InChI=1S/C43H44N4O6S.C28H29NO3S.C16H17ClN2O3/c1-28-5-7-29(8-6-28)42-41(35-15-9-31(49)26-40(35)54-42)53-33-13-11-32(12-14-33)52-24-23-46-21-19-45(20-22-46)18-17-44-37-4-2-3-34-36(37)27-47(43(34)51)38-16-10-30(48)25-39(38)50;1-20-5-7-21(8-6-20)28-27(25-14-9-22(30)19-26(25)33-28)32-24-12-10-23(11-13-24)31-18-17-29-15-3-2-4-16-29;17-8-2-4-10-3-1-5-11-12(10)9-19(16(11)22)13-6-7-14(20)18-15(13)21/h2-9,11-15,26,38,44,49H,10,16-25,27H2,1H3;5-14,19,30H,2-4,15-18H2,1H3;1,3,5,13H,2,4,6-9H2,(H,18,20,21). The minimum absolute atomic E-state index is 0.0357. The van der Waals surface area contributed by atoms with E-state index in [4.69, 9.17) is 30.5 Å². The Labute approximate surface area is 647 Å². The molecule has 22 heteroatoms. The Hall–Kier alpha value is -10.1. The van der Waals surface area contributed by atoms with Crippen LogP contribution in [0.15, 0.2) is 170 Å². The maximum absolute atomic E-state index is 13.2. The number of amides is 4. The first kappa shape index (κ1) is 75.7. The molecule has 3 saturated heterocycles. The molecule has 2 atom stereocenters. The first-order chi connectivity index (χ1) is 53.1. The Balaban J connectivity index is 0.000000152. The van der Waals surface area contributed by atoms with Gasteiger partial charge in [0, 0.05) is 127 Å². The fraction of sp³-hybridized carbons (Fsp3) is 0.333. The number of piperidine rings is 2. The number of nitrogens with zero attached hydrogens (tertiary/aromatic N) is 5. The zero-order valence-electron chi connectivity index (χ0n) is 61.4. The number of hydrogen-bond acceptors (Lipinski definition) is 18. The number of carbonyl (C=O) groups is 6. The molecule has 7 heterocycles. The number of phenolic OH excluding ortho intramolecular Hbond substituents is 2. The van der Waals surface area contributed by atoms with Crippen molar-refractivity contribution in [3.63, 3.8) is 0 Å². The topological polar surface area (TPSA) is 220 Å². The van der Waals surface area contributed by atoms with Gasteiger partial charge in [-0.2, -0.15) is 0 Å². The van der Waals surface area contributed by atoms with E-state index in [0.29, 0.717) is 62.6 Å². The van der Waals surface area contributed by atoms with Crippen molar-refractivity contribution in [2.45, 2.75) is 103 Å². The van der Waals surface area contributed by atoms with Crippen LogP contribution in [-0.2, 0) is 38.7 Å². The van der Waals surface area contributed by atoms with E-state index in [1.807, 2.05) is 91.0 Å². The molecule has 5 aliphatic heterocycles. The van der Waals surface area contributed by atoms with E-state index < -0.39 is 12.1 Å². The predicted octanol–water partition coefficient (Wildman–Crippen LogP) is 16.0. The highest BCUT2D eigenvalue weighted by atomic mass is 35.5. The smallest absolute Gasteiger partial charge is 0.255 e. The molecular weight excluding hydrogens is 1430 g/mol. The van der Waals surface area contributed by atoms with Crippen LogP contribution in [0.4, 0.5) is 5.69 Å². The molecule has 1 aliphatic carbocycles. The number of phenols is 2. The first-order valence-corrected chi connectivity index (χ1v) is 39.9. The summed E-state index contributed by atoms with van der Waals surface area (Å²) in [5, 5.41) is 27.9. The van der Waals surface area contributed by atoms with Crippen LogP contribution in [0.1, 0.15) is 106 Å². The summed E-state index contributed by atoms with van der Waals surface area (Å²) in [7, 11) is 0. The molecule has 8 aromatic carbocycles. The van der Waals surface area contributed by atoms with Crippen LogP contribution in [0.3, 0.4) is 0 Å². The molecule has 1 saturated carbocycles. The fourth-order valence-electron chi connectivity index (χ4n) is 15.0. The average Bonchev–Trinajstić information content (AvgIpc) is 1.66. The number of thiophene rings is 2. The lowest BCUT2D eigenvalue weighted by Gasteiger charge is -2.34. The molecule has 109 heavy (non-hydrogen) atoms. The molecule has 4 N–H and O–H groups in total. The van der Waals surface area contributed by atoms with Crippen molar-refractivity contribution < 1.29 is 57.9 Å². The number of Topliss-reactive ketones (excluding diaryl/α,β-unsaturated/α-hetero) is 2. The normalized spacial score (nSPS) is 17.5. The molecule has 16 rings (SSSR count). The lowest BCUT2D eigenvalue weighted by Crippen LogP contribution is -2.52. The summed E-state index contributed by atoms with van der Waals surface area (Å²) in [5.74, 6) is 4.73. The number of imide groups is 1. The van der Waals surface area contributed by atoms with Gasteiger partial charge in [0.2, 0.25) is 11.8 Å². The lowest BCUT2D eigenvalue weighted by atomic mass is 9.92. The summed E-state index contributed by atoms with van der Waals surface area (Å²) in [6, 6.07) is 53.6. The molecular formula is C87H90ClN7O12S2. The second-order valence-corrected chi connectivity index (χ2v) is 31.1. The fourth-order valence-corrected chi connectivity index (χ4v) is 17.5. The number of fused-ring (bicyclic) bond motifs is 4. The van der Waals surface area contributed by atoms with Gasteiger partial charge in [-0.3, -0.25) is 48.8 Å². The van der Waals surface area contributed by atoms with Crippen LogP contribution in [0.5, 0.6) is 46.0 Å². The van der Waals surface area contributed by atoms with Crippen LogP contribution in [0.2, 0.25) is 0 Å². The summed E-state index contributed by atoms with van der Waals surface area (Å²) >= 11 is 8.99. The number of halogens is 1. The lowest BCUT2D eigenvalue weighted by molar-refractivity contribution is -0.137. The molecule has 0 radical (unpaired) electrons. The maximum Gasteiger partial charge on any atom is 0.255 e. The SMILES string of the molecule is Cc1ccc(-c2sc3cc(O)ccc3c2Oc2ccc(OCCN3CCCCC3)cc2)cc1.Cc1ccc(-c2sc3cc(O)ccc3c2Oc2ccc(OCCN3CCN(CCNc4cccc5c4CN(C4CCC(=O)CC4=O)C5=O)CC3)cc2)cc1.O=C1CCC(N2Cc3c(CCCCl)cccc3C2=O)C(=O)N1. The van der Waals surface area contributed by atoms with Gasteiger partial charge in [0.05, 0.1) is 22.2 Å². The van der Waals surface area contributed by atoms with Crippen LogP contribution in [-0.4, -0.2) is 167 Å². The second-order valence-electron chi connectivity index (χ2n) is 28.6. The number of anilines is 1. The Morgan fingerprint density at radius 2 is 1.03 bits per heavy atom. The number of hydrogen-bond donors (Lipinski definition) is 4. The summed E-state index contributed by atoms with van der Waals surface area (Å²) in [6.07, 6.45) is 6.99. The number of nitrogens with one attached hydrogen (secondary N) is 2. The van der Waals surface area contributed by atoms with Crippen molar-refractivity contribution in [3.05, 3.63) is 209 Å². The molecule has 0 bridgehead atoms. The third kappa shape index (κ3) is 18.3. The van der Waals surface area contributed by atoms with Crippen molar-refractivity contribution in [1.82, 2.24) is 29.8 Å². The Morgan fingerprint density at radius 3 is 1.57 bits per heavy atom. The first-order valence-electron chi connectivity index (χ1n) is 37.7. The molecule has 2 unspecified atom stereocenters. The molecule has 0 spiro atoms. The third-order valence-electron chi connectivity index (χ3n) is 21.1. The number of carbonyl (C=O) groups excluding carboxylic acids is 6. The second kappa shape index (κ2) is 35.1. The number of rotatable bonds is 23. The maximum atomic E-state index is 13.2. The number of ketones is 2. The van der Waals surface area contributed by atoms with E-state index in [0.717, 1.165) is 163 Å². The Morgan fingerprint density at radius 1 is 0.532 bits per heavy atom. The van der Waals surface area contributed by atoms with Gasteiger partial charge in [-0.25, -0.2) is 0 Å². The summed E-state index contributed by atoms with van der Waals surface area (Å²) in [6.45, 7) is 16.0. The molecule has 4 amide bonds. The van der Waals surface area contributed by atoms with Crippen LogP contribution in [0.25, 0.3) is 41.1 Å². The zero-order chi connectivity index (χ0) is 75.5. The Bertz CT molecular complexity index is 4940. The summed E-state index contributed by atoms with van der Waals surface area (Å²) in [5.41, 5.74) is 9.87. The molecule has 10 aromatic rings. The number of piperazine rings is 1. The van der Waals surface area contributed by atoms with Crippen molar-refractivity contribution in [1.29, 1.82) is 0 Å². The van der Waals surface area contributed by atoms with Gasteiger partial charge in [-0.15, -0.1) is 34.3 Å².